The van der Waals surface area contributed by atoms with Gasteiger partial charge in [-0.15, -0.1) is 5.10 Å². The van der Waals surface area contributed by atoms with Crippen molar-refractivity contribution < 1.29 is 5.11 Å². The molecule has 12 heavy (non-hydrogen) atoms. The zero-order chi connectivity index (χ0) is 9.35. The SMILES string of the molecule is Cn1nnc(Br)c1C(C)(O)CN. The van der Waals surface area contributed by atoms with Crippen LogP contribution in [0.2, 0.25) is 0 Å². The minimum atomic E-state index is -1.09. The summed E-state index contributed by atoms with van der Waals surface area (Å²) in [5.41, 5.74) is 4.90. The molecule has 0 aliphatic rings. The molecule has 6 heteroatoms. The van der Waals surface area contributed by atoms with E-state index >= 15 is 0 Å². The molecule has 0 fully saturated rings. The lowest BCUT2D eigenvalue weighted by Crippen LogP contribution is -2.33. The summed E-state index contributed by atoms with van der Waals surface area (Å²) in [6, 6.07) is 0. The number of hydrogen-bond donors (Lipinski definition) is 2. The van der Waals surface area contributed by atoms with Crippen molar-refractivity contribution in [2.75, 3.05) is 6.54 Å². The van der Waals surface area contributed by atoms with Gasteiger partial charge in [-0.1, -0.05) is 5.21 Å². The summed E-state index contributed by atoms with van der Waals surface area (Å²) in [5, 5.41) is 17.3. The van der Waals surface area contributed by atoms with Crippen molar-refractivity contribution in [1.29, 1.82) is 0 Å². The fourth-order valence-corrected chi connectivity index (χ4v) is 1.75. The van der Waals surface area contributed by atoms with E-state index in [0.29, 0.717) is 10.3 Å². The van der Waals surface area contributed by atoms with Gasteiger partial charge in [0.1, 0.15) is 11.3 Å². The second-order valence-electron chi connectivity index (χ2n) is 2.83. The fourth-order valence-electron chi connectivity index (χ4n) is 0.999. The number of nitrogens with zero attached hydrogens (tertiary/aromatic N) is 3. The third-order valence-corrected chi connectivity index (χ3v) is 2.23. The Morgan fingerprint density at radius 2 is 2.33 bits per heavy atom. The van der Waals surface area contributed by atoms with Crippen LogP contribution in [0.4, 0.5) is 0 Å². The first-order valence-electron chi connectivity index (χ1n) is 3.47. The molecule has 0 saturated heterocycles. The highest BCUT2D eigenvalue weighted by atomic mass is 79.9. The smallest absolute Gasteiger partial charge is 0.154 e. The maximum Gasteiger partial charge on any atom is 0.154 e. The first kappa shape index (κ1) is 9.63. The number of aliphatic hydroxyl groups is 1. The van der Waals surface area contributed by atoms with E-state index in [0.717, 1.165) is 0 Å². The minimum absolute atomic E-state index is 0.132. The van der Waals surface area contributed by atoms with Gasteiger partial charge in [0.05, 0.1) is 0 Å². The van der Waals surface area contributed by atoms with Crippen LogP contribution >= 0.6 is 15.9 Å². The van der Waals surface area contributed by atoms with Crippen LogP contribution in [0.1, 0.15) is 12.6 Å². The summed E-state index contributed by atoms with van der Waals surface area (Å²) >= 11 is 3.18. The molecule has 0 aromatic carbocycles. The van der Waals surface area contributed by atoms with Gasteiger partial charge < -0.3 is 10.8 Å². The second kappa shape index (κ2) is 3.12. The first-order chi connectivity index (χ1) is 5.49. The standard InChI is InChI=1S/C6H11BrN4O/c1-6(12,3-8)4-5(7)9-10-11(4)2/h12H,3,8H2,1-2H3. The summed E-state index contributed by atoms with van der Waals surface area (Å²) in [4.78, 5) is 0. The molecule has 0 spiro atoms. The number of aryl methyl sites for hydroxylation is 1. The molecule has 3 N–H and O–H groups in total. The van der Waals surface area contributed by atoms with Crippen LogP contribution in [0.25, 0.3) is 0 Å². The van der Waals surface area contributed by atoms with Gasteiger partial charge in [-0.25, -0.2) is 4.68 Å². The quantitative estimate of drug-likeness (QED) is 0.740. The third kappa shape index (κ3) is 1.50. The predicted octanol–water partition coefficient (Wildman–Crippen LogP) is -0.256. The Morgan fingerprint density at radius 1 is 1.75 bits per heavy atom. The summed E-state index contributed by atoms with van der Waals surface area (Å²) < 4.78 is 2.03. The van der Waals surface area contributed by atoms with Crippen LogP contribution < -0.4 is 5.73 Å². The monoisotopic (exact) mass is 234 g/mol. The summed E-state index contributed by atoms with van der Waals surface area (Å²) in [6.07, 6.45) is 0. The molecule has 5 nitrogen and oxygen atoms in total. The lowest BCUT2D eigenvalue weighted by Gasteiger charge is -2.20. The maximum atomic E-state index is 9.79. The zero-order valence-corrected chi connectivity index (χ0v) is 8.54. The van der Waals surface area contributed by atoms with Crippen LogP contribution in [0, 0.1) is 0 Å². The maximum absolute atomic E-state index is 9.79. The van der Waals surface area contributed by atoms with Crippen molar-refractivity contribution >= 4 is 15.9 Å². The molecular formula is C6H11BrN4O. The van der Waals surface area contributed by atoms with Gasteiger partial charge in [0, 0.05) is 13.6 Å². The molecule has 1 rings (SSSR count). The molecule has 1 aromatic heterocycles. The van der Waals surface area contributed by atoms with Gasteiger partial charge in [-0.05, 0) is 22.9 Å². The number of nitrogens with two attached hydrogens (primary N) is 1. The van der Waals surface area contributed by atoms with E-state index < -0.39 is 5.60 Å². The van der Waals surface area contributed by atoms with Crippen LogP contribution in [-0.4, -0.2) is 26.6 Å². The third-order valence-electron chi connectivity index (χ3n) is 1.69. The van der Waals surface area contributed by atoms with E-state index in [9.17, 15) is 5.11 Å². The van der Waals surface area contributed by atoms with Gasteiger partial charge in [0.15, 0.2) is 4.60 Å². The molecule has 1 atom stereocenters. The van der Waals surface area contributed by atoms with Crippen LogP contribution in [0.15, 0.2) is 4.60 Å². The lowest BCUT2D eigenvalue weighted by molar-refractivity contribution is 0.0573. The van der Waals surface area contributed by atoms with Gasteiger partial charge in [-0.3, -0.25) is 0 Å². The Labute approximate surface area is 78.7 Å². The topological polar surface area (TPSA) is 77.0 Å². The van der Waals surface area contributed by atoms with Crippen molar-refractivity contribution in [1.82, 2.24) is 15.0 Å². The molecule has 1 heterocycles. The van der Waals surface area contributed by atoms with E-state index in [1.807, 2.05) is 0 Å². The average molecular weight is 235 g/mol. The normalized spacial score (nSPS) is 16.1. The molecule has 0 radical (unpaired) electrons. The Hall–Kier alpha value is -0.460. The number of aromatic nitrogens is 3. The van der Waals surface area contributed by atoms with Crippen molar-refractivity contribution in [3.05, 3.63) is 10.3 Å². The Morgan fingerprint density at radius 3 is 2.67 bits per heavy atom. The van der Waals surface area contributed by atoms with Gasteiger partial charge in [-0.2, -0.15) is 0 Å². The van der Waals surface area contributed by atoms with E-state index in [-0.39, 0.29) is 6.54 Å². The second-order valence-corrected chi connectivity index (χ2v) is 3.58. The largest absolute Gasteiger partial charge is 0.382 e. The summed E-state index contributed by atoms with van der Waals surface area (Å²) in [5.74, 6) is 0. The molecule has 0 amide bonds. The average Bonchev–Trinajstić information content (AvgIpc) is 2.31. The van der Waals surface area contributed by atoms with Gasteiger partial charge >= 0.3 is 0 Å². The van der Waals surface area contributed by atoms with Crippen molar-refractivity contribution in [3.8, 4) is 0 Å². The molecule has 0 aliphatic carbocycles. The Kier molecular flexibility index (Phi) is 2.50. The first-order valence-corrected chi connectivity index (χ1v) is 4.26. The molecule has 1 aromatic rings. The van der Waals surface area contributed by atoms with E-state index in [1.54, 1.807) is 14.0 Å². The van der Waals surface area contributed by atoms with Crippen LogP contribution in [0.5, 0.6) is 0 Å². The van der Waals surface area contributed by atoms with E-state index in [2.05, 4.69) is 26.2 Å². The molecule has 1 unspecified atom stereocenters. The fraction of sp³-hybridized carbons (Fsp3) is 0.667. The number of hydrogen-bond acceptors (Lipinski definition) is 4. The summed E-state index contributed by atoms with van der Waals surface area (Å²) in [7, 11) is 1.71. The van der Waals surface area contributed by atoms with Crippen LogP contribution in [0.3, 0.4) is 0 Å². The zero-order valence-electron chi connectivity index (χ0n) is 6.95. The predicted molar refractivity (Wildman–Crippen MR) is 47.3 cm³/mol. The van der Waals surface area contributed by atoms with Gasteiger partial charge in [0.25, 0.3) is 0 Å². The molecule has 0 bridgehead atoms. The molecular weight excluding hydrogens is 224 g/mol. The Balaban J connectivity index is 3.17. The van der Waals surface area contributed by atoms with E-state index in [1.165, 1.54) is 4.68 Å². The number of halogens is 1. The lowest BCUT2D eigenvalue weighted by atomic mass is 10.0. The van der Waals surface area contributed by atoms with E-state index in [4.69, 9.17) is 5.73 Å². The highest BCUT2D eigenvalue weighted by Gasteiger charge is 2.28. The molecule has 68 valence electrons. The Bertz CT molecular complexity index is 264. The minimum Gasteiger partial charge on any atom is -0.382 e. The van der Waals surface area contributed by atoms with Crippen LogP contribution in [-0.2, 0) is 12.6 Å². The molecule has 0 aliphatic heterocycles. The van der Waals surface area contributed by atoms with Crippen molar-refractivity contribution in [2.45, 2.75) is 12.5 Å². The van der Waals surface area contributed by atoms with Gasteiger partial charge in [0.2, 0.25) is 0 Å². The van der Waals surface area contributed by atoms with Crippen molar-refractivity contribution in [2.24, 2.45) is 12.8 Å². The van der Waals surface area contributed by atoms with Crippen molar-refractivity contribution in [3.63, 3.8) is 0 Å². The number of rotatable bonds is 2. The highest BCUT2D eigenvalue weighted by molar-refractivity contribution is 9.10. The molecule has 0 saturated carbocycles. The highest BCUT2D eigenvalue weighted by Crippen LogP contribution is 2.24. The summed E-state index contributed by atoms with van der Waals surface area (Å²) in [6.45, 7) is 1.75.